The van der Waals surface area contributed by atoms with Gasteiger partial charge in [-0.25, -0.2) is 4.39 Å². The van der Waals surface area contributed by atoms with Crippen LogP contribution in [-0.2, 0) is 11.3 Å². The highest BCUT2D eigenvalue weighted by Crippen LogP contribution is 2.29. The summed E-state index contributed by atoms with van der Waals surface area (Å²) in [7, 11) is 3.95. The number of ether oxygens (including phenoxy) is 1. The standard InChI is InChI=1S/C20H21B2F4N5O2/c21-19(22)9-30(5-6-33-11-19)18(32)15-7-16-14(8-27-15)17(29-31(16)10-20(24,25)26)28-13-3-1-12(23)2-4-13/h1-4,7-8H,5-6,9-11,21-22H2,(H,28,29). The molecule has 0 aliphatic carbocycles. The van der Waals surface area contributed by atoms with Gasteiger partial charge in [0.25, 0.3) is 5.91 Å². The Morgan fingerprint density at radius 1 is 1.24 bits per heavy atom. The molecule has 7 nitrogen and oxygen atoms in total. The van der Waals surface area contributed by atoms with Gasteiger partial charge in [0.15, 0.2) is 5.82 Å². The summed E-state index contributed by atoms with van der Waals surface area (Å²) >= 11 is 0. The summed E-state index contributed by atoms with van der Waals surface area (Å²) in [5.74, 6) is -0.708. The molecule has 0 spiro atoms. The summed E-state index contributed by atoms with van der Waals surface area (Å²) in [5.41, 5.74) is 0.583. The SMILES string of the molecule is BC1(B)COCCN(C(=O)c2cc3c(cn2)c(Nc2ccc(F)cc2)nn3CC(F)(F)F)C1. The predicted molar refractivity (Wildman–Crippen MR) is 120 cm³/mol. The molecule has 3 heterocycles. The smallest absolute Gasteiger partial charge is 0.380 e. The van der Waals surface area contributed by atoms with Gasteiger partial charge in [-0.05, 0) is 35.5 Å². The van der Waals surface area contributed by atoms with Crippen molar-refractivity contribution in [3.05, 3.63) is 48.0 Å². The molecule has 33 heavy (non-hydrogen) atoms. The monoisotopic (exact) mass is 461 g/mol. The van der Waals surface area contributed by atoms with E-state index in [0.29, 0.717) is 37.4 Å². The van der Waals surface area contributed by atoms with Crippen LogP contribution in [0.1, 0.15) is 10.5 Å². The van der Waals surface area contributed by atoms with E-state index >= 15 is 0 Å². The highest BCUT2D eigenvalue weighted by Gasteiger charge is 2.32. The number of alkyl halides is 3. The number of nitrogens with one attached hydrogen (secondary N) is 1. The second kappa shape index (κ2) is 8.69. The maximum Gasteiger partial charge on any atom is 0.408 e. The molecule has 0 unspecified atom stereocenters. The van der Waals surface area contributed by atoms with Crippen LogP contribution in [0.15, 0.2) is 36.5 Å². The number of aromatic nitrogens is 3. The Bertz CT molecular complexity index is 1170. The zero-order chi connectivity index (χ0) is 23.8. The average molecular weight is 461 g/mol. The molecule has 13 heteroatoms. The first-order chi connectivity index (χ1) is 15.5. The third-order valence-corrected chi connectivity index (χ3v) is 5.20. The van der Waals surface area contributed by atoms with Crippen molar-refractivity contribution >= 4 is 44.0 Å². The number of carbonyl (C=O) groups is 1. The Kier molecular flexibility index (Phi) is 6.08. The number of benzene rings is 1. The van der Waals surface area contributed by atoms with Crippen molar-refractivity contribution in [1.82, 2.24) is 19.7 Å². The van der Waals surface area contributed by atoms with Crippen molar-refractivity contribution in [2.45, 2.75) is 17.9 Å². The number of fused-ring (bicyclic) bond motifs is 1. The van der Waals surface area contributed by atoms with Crippen molar-refractivity contribution in [2.24, 2.45) is 0 Å². The minimum Gasteiger partial charge on any atom is -0.380 e. The first kappa shape index (κ1) is 23.1. The molecule has 1 fully saturated rings. The zero-order valence-electron chi connectivity index (χ0n) is 18.1. The molecule has 1 amide bonds. The topological polar surface area (TPSA) is 72.3 Å². The molecular formula is C20H21B2F4N5O2. The van der Waals surface area contributed by atoms with E-state index in [2.05, 4.69) is 15.4 Å². The summed E-state index contributed by atoms with van der Waals surface area (Å²) in [5, 5.41) is 6.99. The predicted octanol–water partition coefficient (Wildman–Crippen LogP) is 1.73. The van der Waals surface area contributed by atoms with E-state index in [1.165, 1.54) is 36.5 Å². The van der Waals surface area contributed by atoms with Crippen molar-refractivity contribution in [3.63, 3.8) is 0 Å². The fourth-order valence-corrected chi connectivity index (χ4v) is 3.74. The molecular weight excluding hydrogens is 440 g/mol. The van der Waals surface area contributed by atoms with Gasteiger partial charge in [-0.1, -0.05) is 0 Å². The van der Waals surface area contributed by atoms with Crippen LogP contribution in [0.25, 0.3) is 10.9 Å². The Morgan fingerprint density at radius 2 is 1.97 bits per heavy atom. The molecule has 1 aliphatic heterocycles. The molecule has 1 aromatic carbocycles. The van der Waals surface area contributed by atoms with Gasteiger partial charge in [0.05, 0.1) is 17.5 Å². The van der Waals surface area contributed by atoms with Gasteiger partial charge in [0.1, 0.15) is 33.7 Å². The van der Waals surface area contributed by atoms with Crippen LogP contribution in [0.4, 0.5) is 29.1 Å². The first-order valence-electron chi connectivity index (χ1n) is 10.3. The third kappa shape index (κ3) is 5.47. The van der Waals surface area contributed by atoms with Gasteiger partial charge in [-0.3, -0.25) is 14.5 Å². The molecule has 0 saturated carbocycles. The second-order valence-corrected chi connectivity index (χ2v) is 8.78. The maximum atomic E-state index is 13.2. The minimum absolute atomic E-state index is 0.0249. The molecule has 1 N–H and O–H groups in total. The van der Waals surface area contributed by atoms with Crippen molar-refractivity contribution in [1.29, 1.82) is 0 Å². The molecule has 1 saturated heterocycles. The number of anilines is 2. The van der Waals surface area contributed by atoms with E-state index in [-0.39, 0.29) is 28.1 Å². The summed E-state index contributed by atoms with van der Waals surface area (Å²) in [6.07, 6.45) is -3.19. The molecule has 0 atom stereocenters. The lowest BCUT2D eigenvalue weighted by atomic mass is 9.55. The van der Waals surface area contributed by atoms with E-state index in [0.717, 1.165) is 4.68 Å². The van der Waals surface area contributed by atoms with E-state index in [1.807, 2.05) is 15.7 Å². The average Bonchev–Trinajstić information content (AvgIpc) is 2.93. The molecule has 3 aromatic rings. The largest absolute Gasteiger partial charge is 0.408 e. The van der Waals surface area contributed by atoms with Crippen LogP contribution in [0.3, 0.4) is 0 Å². The molecule has 2 aromatic heterocycles. The van der Waals surface area contributed by atoms with Crippen LogP contribution in [-0.4, -0.2) is 73.7 Å². The molecule has 0 radical (unpaired) electrons. The summed E-state index contributed by atoms with van der Waals surface area (Å²) in [4.78, 5) is 18.9. The fraction of sp³-hybridized carbons (Fsp3) is 0.350. The lowest BCUT2D eigenvalue weighted by molar-refractivity contribution is -0.141. The number of hydrogen-bond donors (Lipinski definition) is 1. The van der Waals surface area contributed by atoms with E-state index < -0.39 is 18.5 Å². The quantitative estimate of drug-likeness (QED) is 0.474. The van der Waals surface area contributed by atoms with Gasteiger partial charge in [0, 0.05) is 31.6 Å². The summed E-state index contributed by atoms with van der Waals surface area (Å²) in [6, 6.07) is 6.65. The van der Waals surface area contributed by atoms with Crippen LogP contribution in [0.5, 0.6) is 0 Å². The Hall–Kier alpha value is -3.08. The first-order valence-corrected chi connectivity index (χ1v) is 10.3. The van der Waals surface area contributed by atoms with Gasteiger partial charge < -0.3 is 15.0 Å². The zero-order valence-corrected chi connectivity index (χ0v) is 18.1. The second-order valence-electron chi connectivity index (χ2n) is 8.78. The van der Waals surface area contributed by atoms with Gasteiger partial charge in [-0.2, -0.15) is 18.3 Å². The summed E-state index contributed by atoms with van der Waals surface area (Å²) in [6.45, 7) is 0.331. The maximum absolute atomic E-state index is 13.2. The Labute approximate surface area is 188 Å². The number of nitrogens with zero attached hydrogens (tertiary/aromatic N) is 4. The van der Waals surface area contributed by atoms with Crippen molar-refractivity contribution in [3.8, 4) is 0 Å². The van der Waals surface area contributed by atoms with E-state index in [1.54, 1.807) is 4.90 Å². The van der Waals surface area contributed by atoms with Crippen LogP contribution in [0, 0.1) is 5.82 Å². The fourth-order valence-electron chi connectivity index (χ4n) is 3.74. The number of rotatable bonds is 4. The number of halogens is 4. The van der Waals surface area contributed by atoms with Crippen LogP contribution >= 0.6 is 0 Å². The van der Waals surface area contributed by atoms with Crippen LogP contribution < -0.4 is 5.32 Å². The Balaban J connectivity index is 1.71. The molecule has 4 rings (SSSR count). The van der Waals surface area contributed by atoms with Crippen LogP contribution in [0.2, 0.25) is 5.21 Å². The molecule has 0 bridgehead atoms. The minimum atomic E-state index is -4.52. The Morgan fingerprint density at radius 3 is 2.67 bits per heavy atom. The number of carbonyl (C=O) groups excluding carboxylic acids is 1. The number of hydrogen-bond acceptors (Lipinski definition) is 5. The summed E-state index contributed by atoms with van der Waals surface area (Å²) < 4.78 is 59.1. The lowest BCUT2D eigenvalue weighted by Gasteiger charge is -2.28. The lowest BCUT2D eigenvalue weighted by Crippen LogP contribution is -2.39. The van der Waals surface area contributed by atoms with E-state index in [4.69, 9.17) is 4.74 Å². The van der Waals surface area contributed by atoms with Gasteiger partial charge >= 0.3 is 6.18 Å². The number of amides is 1. The highest BCUT2D eigenvalue weighted by molar-refractivity contribution is 6.40. The van der Waals surface area contributed by atoms with Crippen molar-refractivity contribution in [2.75, 3.05) is 31.6 Å². The number of pyridine rings is 1. The van der Waals surface area contributed by atoms with E-state index in [9.17, 15) is 22.4 Å². The van der Waals surface area contributed by atoms with Gasteiger partial charge in [0.2, 0.25) is 0 Å². The highest BCUT2D eigenvalue weighted by atomic mass is 19.4. The van der Waals surface area contributed by atoms with Gasteiger partial charge in [-0.15, -0.1) is 0 Å². The third-order valence-electron chi connectivity index (χ3n) is 5.20. The van der Waals surface area contributed by atoms with Crippen molar-refractivity contribution < 1.29 is 27.1 Å². The molecule has 1 aliphatic rings. The molecule has 172 valence electrons. The normalized spacial score (nSPS) is 16.5.